The van der Waals surface area contributed by atoms with E-state index in [1.807, 2.05) is 12.1 Å². The minimum absolute atomic E-state index is 0.326. The largest absolute Gasteiger partial charge is 0.508 e. The second kappa shape index (κ2) is 5.92. The van der Waals surface area contributed by atoms with E-state index in [-0.39, 0.29) is 0 Å². The highest BCUT2D eigenvalue weighted by atomic mass is 35.5. The van der Waals surface area contributed by atoms with Crippen LogP contribution in [0.2, 0.25) is 0 Å². The molecule has 0 aliphatic carbocycles. The number of hydrogen-bond donors (Lipinski definition) is 1. The van der Waals surface area contributed by atoms with Gasteiger partial charge in [0.15, 0.2) is 0 Å². The lowest BCUT2D eigenvalue weighted by atomic mass is 9.97. The van der Waals surface area contributed by atoms with E-state index in [2.05, 4.69) is 6.92 Å². The molecule has 78 valence electrons. The molecule has 0 saturated heterocycles. The molecule has 1 aromatic carbocycles. The van der Waals surface area contributed by atoms with Crippen LogP contribution in [-0.4, -0.2) is 11.0 Å². The van der Waals surface area contributed by atoms with E-state index in [0.29, 0.717) is 17.5 Å². The Kier molecular flexibility index (Phi) is 4.81. The summed E-state index contributed by atoms with van der Waals surface area (Å²) in [5.41, 5.74) is 1.25. The lowest BCUT2D eigenvalue weighted by molar-refractivity contribution is 0.474. The third-order valence-corrected chi connectivity index (χ3v) is 2.81. The predicted molar refractivity (Wildman–Crippen MR) is 60.9 cm³/mol. The summed E-state index contributed by atoms with van der Waals surface area (Å²) in [6, 6.07) is 7.38. The van der Waals surface area contributed by atoms with Crippen LogP contribution in [0.5, 0.6) is 5.75 Å². The molecule has 0 aromatic heterocycles. The zero-order chi connectivity index (χ0) is 10.4. The Morgan fingerprint density at radius 3 is 2.43 bits per heavy atom. The van der Waals surface area contributed by atoms with Crippen molar-refractivity contribution in [2.24, 2.45) is 5.92 Å². The maximum Gasteiger partial charge on any atom is 0.115 e. The van der Waals surface area contributed by atoms with Gasteiger partial charge in [-0.25, -0.2) is 0 Å². The SMILES string of the molecule is CCCC(CCl)Cc1ccc(O)cc1. The summed E-state index contributed by atoms with van der Waals surface area (Å²) in [6.45, 7) is 2.18. The Hall–Kier alpha value is -0.690. The number of halogens is 1. The van der Waals surface area contributed by atoms with Crippen molar-refractivity contribution in [3.63, 3.8) is 0 Å². The van der Waals surface area contributed by atoms with Gasteiger partial charge in [-0.2, -0.15) is 0 Å². The monoisotopic (exact) mass is 212 g/mol. The molecular weight excluding hydrogens is 196 g/mol. The molecule has 0 bridgehead atoms. The molecule has 0 aliphatic rings. The molecule has 1 unspecified atom stereocenters. The first-order chi connectivity index (χ1) is 6.76. The summed E-state index contributed by atoms with van der Waals surface area (Å²) in [5, 5.41) is 9.13. The second-order valence-electron chi connectivity index (χ2n) is 3.68. The molecule has 0 fully saturated rings. The molecule has 2 heteroatoms. The van der Waals surface area contributed by atoms with Crippen LogP contribution in [0.1, 0.15) is 25.3 Å². The Balaban J connectivity index is 2.53. The van der Waals surface area contributed by atoms with E-state index in [1.54, 1.807) is 12.1 Å². The van der Waals surface area contributed by atoms with Crippen molar-refractivity contribution in [3.05, 3.63) is 29.8 Å². The van der Waals surface area contributed by atoms with Crippen molar-refractivity contribution in [3.8, 4) is 5.75 Å². The van der Waals surface area contributed by atoms with Gasteiger partial charge >= 0.3 is 0 Å². The van der Waals surface area contributed by atoms with Crippen molar-refractivity contribution in [2.75, 3.05) is 5.88 Å². The van der Waals surface area contributed by atoms with Crippen molar-refractivity contribution in [1.82, 2.24) is 0 Å². The minimum Gasteiger partial charge on any atom is -0.508 e. The van der Waals surface area contributed by atoms with Crippen LogP contribution in [0.3, 0.4) is 0 Å². The van der Waals surface area contributed by atoms with Crippen LogP contribution in [0.4, 0.5) is 0 Å². The number of phenols is 1. The van der Waals surface area contributed by atoms with E-state index in [9.17, 15) is 0 Å². The topological polar surface area (TPSA) is 20.2 Å². The molecule has 1 rings (SSSR count). The van der Waals surface area contributed by atoms with E-state index < -0.39 is 0 Å². The molecule has 0 radical (unpaired) electrons. The van der Waals surface area contributed by atoms with Gasteiger partial charge in [-0.3, -0.25) is 0 Å². The fraction of sp³-hybridized carbons (Fsp3) is 0.500. The highest BCUT2D eigenvalue weighted by Gasteiger charge is 2.06. The van der Waals surface area contributed by atoms with Crippen LogP contribution >= 0.6 is 11.6 Å². The van der Waals surface area contributed by atoms with Crippen LogP contribution < -0.4 is 0 Å². The molecule has 1 nitrogen and oxygen atoms in total. The molecule has 0 amide bonds. The molecular formula is C12H17ClO. The van der Waals surface area contributed by atoms with Gasteiger partial charge in [-0.15, -0.1) is 11.6 Å². The molecule has 1 aromatic rings. The van der Waals surface area contributed by atoms with Gasteiger partial charge in [0, 0.05) is 5.88 Å². The maximum atomic E-state index is 9.13. The first-order valence-corrected chi connectivity index (χ1v) is 5.63. The Morgan fingerprint density at radius 2 is 1.93 bits per heavy atom. The molecule has 14 heavy (non-hydrogen) atoms. The molecule has 0 spiro atoms. The minimum atomic E-state index is 0.326. The van der Waals surface area contributed by atoms with Gasteiger partial charge in [0.05, 0.1) is 0 Å². The quantitative estimate of drug-likeness (QED) is 0.740. The molecule has 0 heterocycles. The first kappa shape index (κ1) is 11.4. The molecule has 1 N–H and O–H groups in total. The summed E-state index contributed by atoms with van der Waals surface area (Å²) in [7, 11) is 0. The highest BCUT2D eigenvalue weighted by Crippen LogP contribution is 2.17. The fourth-order valence-electron chi connectivity index (χ4n) is 1.61. The summed E-state index contributed by atoms with van der Waals surface area (Å²) < 4.78 is 0. The Bertz CT molecular complexity index is 256. The average Bonchev–Trinajstić information content (AvgIpc) is 2.20. The van der Waals surface area contributed by atoms with Crippen LogP contribution in [0, 0.1) is 5.92 Å². The van der Waals surface area contributed by atoms with Gasteiger partial charge < -0.3 is 5.11 Å². The van der Waals surface area contributed by atoms with Gasteiger partial charge in [-0.1, -0.05) is 25.5 Å². The van der Waals surface area contributed by atoms with Gasteiger partial charge in [0.2, 0.25) is 0 Å². The summed E-state index contributed by atoms with van der Waals surface area (Å²) >= 11 is 5.88. The van der Waals surface area contributed by atoms with Crippen molar-refractivity contribution in [1.29, 1.82) is 0 Å². The van der Waals surface area contributed by atoms with Gasteiger partial charge in [0.1, 0.15) is 5.75 Å². The Morgan fingerprint density at radius 1 is 1.29 bits per heavy atom. The zero-order valence-electron chi connectivity index (χ0n) is 8.54. The second-order valence-corrected chi connectivity index (χ2v) is 3.99. The van der Waals surface area contributed by atoms with Gasteiger partial charge in [-0.05, 0) is 36.5 Å². The number of rotatable bonds is 5. The van der Waals surface area contributed by atoms with Crippen LogP contribution in [0.25, 0.3) is 0 Å². The summed E-state index contributed by atoms with van der Waals surface area (Å²) in [6.07, 6.45) is 3.36. The highest BCUT2D eigenvalue weighted by molar-refractivity contribution is 6.18. The number of benzene rings is 1. The predicted octanol–water partition coefficient (Wildman–Crippen LogP) is 3.59. The van der Waals surface area contributed by atoms with E-state index in [1.165, 1.54) is 18.4 Å². The number of phenolic OH excluding ortho intramolecular Hbond substituents is 1. The standard InChI is InChI=1S/C12H17ClO/c1-2-3-11(9-13)8-10-4-6-12(14)7-5-10/h4-7,11,14H,2-3,8-9H2,1H3. The van der Waals surface area contributed by atoms with Crippen molar-refractivity contribution >= 4 is 11.6 Å². The molecule has 1 atom stereocenters. The van der Waals surface area contributed by atoms with Crippen LogP contribution in [-0.2, 0) is 6.42 Å². The third-order valence-electron chi connectivity index (χ3n) is 2.38. The normalized spacial score (nSPS) is 12.7. The van der Waals surface area contributed by atoms with E-state index in [0.717, 1.165) is 6.42 Å². The van der Waals surface area contributed by atoms with Gasteiger partial charge in [0.25, 0.3) is 0 Å². The number of hydrogen-bond acceptors (Lipinski definition) is 1. The zero-order valence-corrected chi connectivity index (χ0v) is 9.30. The average molecular weight is 213 g/mol. The van der Waals surface area contributed by atoms with Crippen molar-refractivity contribution < 1.29 is 5.11 Å². The third kappa shape index (κ3) is 3.59. The number of aromatic hydroxyl groups is 1. The lowest BCUT2D eigenvalue weighted by Crippen LogP contribution is -2.05. The molecule has 0 saturated carbocycles. The van der Waals surface area contributed by atoms with E-state index >= 15 is 0 Å². The molecule has 0 aliphatic heterocycles. The summed E-state index contributed by atoms with van der Waals surface area (Å²) in [4.78, 5) is 0. The summed E-state index contributed by atoms with van der Waals surface area (Å²) in [5.74, 6) is 1.60. The fourth-order valence-corrected chi connectivity index (χ4v) is 1.87. The maximum absolute atomic E-state index is 9.13. The van der Waals surface area contributed by atoms with Crippen LogP contribution in [0.15, 0.2) is 24.3 Å². The lowest BCUT2D eigenvalue weighted by Gasteiger charge is -2.12. The Labute approximate surface area is 90.7 Å². The van der Waals surface area contributed by atoms with Crippen molar-refractivity contribution in [2.45, 2.75) is 26.2 Å². The number of alkyl halides is 1. The van der Waals surface area contributed by atoms with E-state index in [4.69, 9.17) is 16.7 Å². The smallest absolute Gasteiger partial charge is 0.115 e. The first-order valence-electron chi connectivity index (χ1n) is 5.10.